The highest BCUT2D eigenvalue weighted by molar-refractivity contribution is 6.00. The van der Waals surface area contributed by atoms with Gasteiger partial charge in [0.1, 0.15) is 11.6 Å². The highest BCUT2D eigenvalue weighted by atomic mass is 16.5. The molecule has 2 N–H and O–H groups in total. The van der Waals surface area contributed by atoms with E-state index in [9.17, 15) is 0 Å². The summed E-state index contributed by atoms with van der Waals surface area (Å²) in [5.74, 6) is 1.27. The van der Waals surface area contributed by atoms with E-state index < -0.39 is 0 Å². The van der Waals surface area contributed by atoms with Crippen molar-refractivity contribution in [3.05, 3.63) is 65.7 Å². The Balaban J connectivity index is 2.13. The number of benzene rings is 2. The largest absolute Gasteiger partial charge is 0.496 e. The Hall–Kier alpha value is -2.29. The summed E-state index contributed by atoms with van der Waals surface area (Å²) in [6, 6.07) is 18.1. The van der Waals surface area contributed by atoms with Crippen molar-refractivity contribution in [2.75, 3.05) is 7.11 Å². The van der Waals surface area contributed by atoms with Crippen LogP contribution < -0.4 is 10.5 Å². The quantitative estimate of drug-likeness (QED) is 0.669. The summed E-state index contributed by atoms with van der Waals surface area (Å²) in [6.45, 7) is 2.06. The van der Waals surface area contributed by atoms with Crippen LogP contribution in [0.5, 0.6) is 5.75 Å². The lowest BCUT2D eigenvalue weighted by molar-refractivity contribution is 0.414. The minimum Gasteiger partial charge on any atom is -0.496 e. The third kappa shape index (κ3) is 3.60. The first-order valence-electron chi connectivity index (χ1n) is 6.71. The molecule has 1 atom stereocenters. The van der Waals surface area contributed by atoms with Crippen LogP contribution in [0, 0.1) is 0 Å². The number of nitrogens with zero attached hydrogens (tertiary/aromatic N) is 1. The smallest absolute Gasteiger partial charge is 0.129 e. The number of nitrogens with two attached hydrogens (primary N) is 1. The van der Waals surface area contributed by atoms with Crippen molar-refractivity contribution in [2.45, 2.75) is 19.4 Å². The lowest BCUT2D eigenvalue weighted by Gasteiger charge is -2.11. The maximum absolute atomic E-state index is 6.10. The molecule has 0 saturated carbocycles. The third-order valence-corrected chi connectivity index (χ3v) is 3.12. The van der Waals surface area contributed by atoms with E-state index in [4.69, 9.17) is 10.5 Å². The van der Waals surface area contributed by atoms with Gasteiger partial charge in [-0.1, -0.05) is 42.5 Å². The molecular weight excluding hydrogens is 248 g/mol. The zero-order chi connectivity index (χ0) is 14.4. The second-order valence-electron chi connectivity index (χ2n) is 4.75. The summed E-state index contributed by atoms with van der Waals surface area (Å²) in [5, 5.41) is 0. The number of para-hydroxylation sites is 1. The van der Waals surface area contributed by atoms with Gasteiger partial charge in [-0.15, -0.1) is 0 Å². The summed E-state index contributed by atoms with van der Waals surface area (Å²) in [6.07, 6.45) is 0.872. The van der Waals surface area contributed by atoms with E-state index in [0.717, 1.165) is 17.7 Å². The van der Waals surface area contributed by atoms with Crippen LogP contribution >= 0.6 is 0 Å². The Labute approximate surface area is 120 Å². The van der Waals surface area contributed by atoms with Gasteiger partial charge in [-0.2, -0.15) is 0 Å². The molecule has 3 heteroatoms. The van der Waals surface area contributed by atoms with Crippen molar-refractivity contribution in [3.8, 4) is 5.75 Å². The van der Waals surface area contributed by atoms with E-state index in [2.05, 4.69) is 24.0 Å². The molecular formula is C17H20N2O. The molecule has 0 heterocycles. The lowest BCUT2D eigenvalue weighted by Crippen LogP contribution is -2.18. The van der Waals surface area contributed by atoms with E-state index >= 15 is 0 Å². The van der Waals surface area contributed by atoms with Gasteiger partial charge < -0.3 is 10.5 Å². The highest BCUT2D eigenvalue weighted by Crippen LogP contribution is 2.17. The van der Waals surface area contributed by atoms with Crippen LogP contribution in [0.2, 0.25) is 0 Å². The molecule has 2 aromatic carbocycles. The number of amidine groups is 1. The van der Waals surface area contributed by atoms with Crippen LogP contribution in [-0.2, 0) is 6.42 Å². The summed E-state index contributed by atoms with van der Waals surface area (Å²) < 4.78 is 5.31. The van der Waals surface area contributed by atoms with Crippen LogP contribution in [0.4, 0.5) is 0 Å². The van der Waals surface area contributed by atoms with Gasteiger partial charge in [0.25, 0.3) is 0 Å². The standard InChI is InChI=1S/C17H20N2O/c1-13(12-14-8-4-3-5-9-14)19-17(18)15-10-6-7-11-16(15)20-2/h3-11,13H,12H2,1-2H3,(H2,18,19)/t13-/m1/s1. The average molecular weight is 268 g/mol. The Morgan fingerprint density at radius 2 is 1.75 bits per heavy atom. The normalized spacial score (nSPS) is 13.0. The van der Waals surface area contributed by atoms with Gasteiger partial charge in [0, 0.05) is 0 Å². The van der Waals surface area contributed by atoms with Gasteiger partial charge in [-0.05, 0) is 31.0 Å². The molecule has 0 spiro atoms. The van der Waals surface area contributed by atoms with Crippen LogP contribution in [0.1, 0.15) is 18.1 Å². The summed E-state index contributed by atoms with van der Waals surface area (Å²) in [7, 11) is 1.64. The van der Waals surface area contributed by atoms with Crippen LogP contribution in [0.15, 0.2) is 59.6 Å². The second kappa shape index (κ2) is 6.75. The molecule has 2 aromatic rings. The van der Waals surface area contributed by atoms with Crippen molar-refractivity contribution in [1.29, 1.82) is 0 Å². The summed E-state index contributed by atoms with van der Waals surface area (Å²) in [4.78, 5) is 4.57. The van der Waals surface area contributed by atoms with Crippen molar-refractivity contribution in [2.24, 2.45) is 10.7 Å². The van der Waals surface area contributed by atoms with Crippen LogP contribution in [0.25, 0.3) is 0 Å². The fourth-order valence-corrected chi connectivity index (χ4v) is 2.16. The van der Waals surface area contributed by atoms with Crippen LogP contribution in [-0.4, -0.2) is 19.0 Å². The predicted octanol–water partition coefficient (Wildman–Crippen LogP) is 3.03. The molecule has 2 rings (SSSR count). The first-order chi connectivity index (χ1) is 9.70. The number of rotatable bonds is 5. The Kier molecular flexibility index (Phi) is 4.77. The fourth-order valence-electron chi connectivity index (χ4n) is 2.16. The van der Waals surface area contributed by atoms with Gasteiger partial charge >= 0.3 is 0 Å². The van der Waals surface area contributed by atoms with E-state index in [1.54, 1.807) is 7.11 Å². The molecule has 0 aromatic heterocycles. The van der Waals surface area contributed by atoms with Gasteiger partial charge in [0.05, 0.1) is 18.7 Å². The molecule has 0 aliphatic carbocycles. The molecule has 0 bridgehead atoms. The zero-order valence-corrected chi connectivity index (χ0v) is 11.9. The minimum atomic E-state index is 0.127. The molecule has 20 heavy (non-hydrogen) atoms. The molecule has 0 amide bonds. The lowest BCUT2D eigenvalue weighted by atomic mass is 10.1. The van der Waals surface area contributed by atoms with Crippen molar-refractivity contribution in [3.63, 3.8) is 0 Å². The molecule has 0 aliphatic heterocycles. The Bertz CT molecular complexity index is 579. The summed E-state index contributed by atoms with van der Waals surface area (Å²) >= 11 is 0. The maximum Gasteiger partial charge on any atom is 0.129 e. The van der Waals surface area contributed by atoms with Gasteiger partial charge in [-0.3, -0.25) is 4.99 Å². The van der Waals surface area contributed by atoms with Gasteiger partial charge in [-0.25, -0.2) is 0 Å². The molecule has 0 saturated heterocycles. The van der Waals surface area contributed by atoms with E-state index in [1.807, 2.05) is 42.5 Å². The number of methoxy groups -OCH3 is 1. The molecule has 3 nitrogen and oxygen atoms in total. The summed E-state index contributed by atoms with van der Waals surface area (Å²) in [5.41, 5.74) is 8.20. The monoisotopic (exact) mass is 268 g/mol. The minimum absolute atomic E-state index is 0.127. The Morgan fingerprint density at radius 3 is 2.45 bits per heavy atom. The van der Waals surface area contributed by atoms with Gasteiger partial charge in [0.2, 0.25) is 0 Å². The molecule has 0 aliphatic rings. The maximum atomic E-state index is 6.10. The van der Waals surface area contributed by atoms with Crippen molar-refractivity contribution < 1.29 is 4.74 Å². The van der Waals surface area contributed by atoms with E-state index in [1.165, 1.54) is 5.56 Å². The second-order valence-corrected chi connectivity index (χ2v) is 4.75. The number of ether oxygens (including phenoxy) is 1. The van der Waals surface area contributed by atoms with E-state index in [-0.39, 0.29) is 6.04 Å². The van der Waals surface area contributed by atoms with Gasteiger partial charge in [0.15, 0.2) is 0 Å². The SMILES string of the molecule is COc1ccccc1C(N)=N[C@H](C)Cc1ccccc1. The topological polar surface area (TPSA) is 47.6 Å². The number of hydrogen-bond donors (Lipinski definition) is 1. The first-order valence-corrected chi connectivity index (χ1v) is 6.71. The predicted molar refractivity (Wildman–Crippen MR) is 83.3 cm³/mol. The van der Waals surface area contributed by atoms with Crippen molar-refractivity contribution in [1.82, 2.24) is 0 Å². The molecule has 0 fully saturated rings. The highest BCUT2D eigenvalue weighted by Gasteiger charge is 2.08. The molecule has 104 valence electrons. The van der Waals surface area contributed by atoms with E-state index in [0.29, 0.717) is 5.84 Å². The number of aliphatic imine (C=N–C) groups is 1. The van der Waals surface area contributed by atoms with Crippen molar-refractivity contribution >= 4 is 5.84 Å². The first kappa shape index (κ1) is 14.1. The zero-order valence-electron chi connectivity index (χ0n) is 11.9. The molecule has 0 radical (unpaired) electrons. The fraction of sp³-hybridized carbons (Fsp3) is 0.235. The van der Waals surface area contributed by atoms with Crippen LogP contribution in [0.3, 0.4) is 0 Å². The Morgan fingerprint density at radius 1 is 1.10 bits per heavy atom. The molecule has 0 unspecified atom stereocenters. The number of hydrogen-bond acceptors (Lipinski definition) is 2. The average Bonchev–Trinajstić information content (AvgIpc) is 2.48. The third-order valence-electron chi connectivity index (χ3n) is 3.12.